The average molecular weight is 430 g/mol. The van der Waals surface area contributed by atoms with E-state index in [0.717, 1.165) is 54.0 Å². The minimum Gasteiger partial charge on any atom is -0.350 e. The fourth-order valence-corrected chi connectivity index (χ4v) is 6.15. The van der Waals surface area contributed by atoms with Gasteiger partial charge in [0.15, 0.2) is 0 Å². The smallest absolute Gasteiger partial charge is 0.259 e. The number of carbonyl (C=O) groups is 1. The van der Waals surface area contributed by atoms with E-state index in [1.54, 1.807) is 11.3 Å². The number of fused-ring (bicyclic) bond motifs is 4. The Bertz CT molecular complexity index is 1110. The zero-order valence-electron chi connectivity index (χ0n) is 16.1. The second-order valence-electron chi connectivity index (χ2n) is 7.62. The lowest BCUT2D eigenvalue weighted by Gasteiger charge is -2.11. The summed E-state index contributed by atoms with van der Waals surface area (Å²) >= 11 is 3.10. The molecule has 0 saturated heterocycles. The van der Waals surface area contributed by atoms with E-state index in [1.165, 1.54) is 35.0 Å². The third kappa shape index (κ3) is 3.85. The van der Waals surface area contributed by atoms with Crippen molar-refractivity contribution in [1.29, 1.82) is 0 Å². The molecule has 0 saturated carbocycles. The number of rotatable bonds is 6. The van der Waals surface area contributed by atoms with Crippen molar-refractivity contribution in [3.8, 4) is 0 Å². The quantitative estimate of drug-likeness (QED) is 0.628. The second kappa shape index (κ2) is 7.95. The van der Waals surface area contributed by atoms with Crippen molar-refractivity contribution in [3.63, 3.8) is 0 Å². The highest BCUT2D eigenvalue weighted by atomic mass is 32.2. The summed E-state index contributed by atoms with van der Waals surface area (Å²) in [6.45, 7) is 1.48. The molecule has 3 aromatic heterocycles. The van der Waals surface area contributed by atoms with E-state index in [4.69, 9.17) is 0 Å². The van der Waals surface area contributed by atoms with E-state index in [-0.39, 0.29) is 11.5 Å². The SMILES string of the molecule is O=C(CSCc1nc2sc3c(c2c(=O)[nH]1)CCC3)NCc1cn2c(n1)CCCC2. The molecular formula is C20H23N5O2S2. The molecule has 5 rings (SSSR count). The van der Waals surface area contributed by atoms with Crippen LogP contribution in [0.4, 0.5) is 0 Å². The number of hydrogen-bond acceptors (Lipinski definition) is 6. The number of thiophene rings is 1. The van der Waals surface area contributed by atoms with Gasteiger partial charge in [-0.25, -0.2) is 9.97 Å². The van der Waals surface area contributed by atoms with Crippen LogP contribution in [0, 0.1) is 0 Å². The topological polar surface area (TPSA) is 92.7 Å². The van der Waals surface area contributed by atoms with Gasteiger partial charge < -0.3 is 14.9 Å². The molecule has 7 nitrogen and oxygen atoms in total. The third-order valence-electron chi connectivity index (χ3n) is 5.52. The van der Waals surface area contributed by atoms with Gasteiger partial charge in [-0.2, -0.15) is 0 Å². The lowest BCUT2D eigenvalue weighted by atomic mass is 10.2. The highest BCUT2D eigenvalue weighted by Crippen LogP contribution is 2.34. The van der Waals surface area contributed by atoms with Crippen molar-refractivity contribution in [2.24, 2.45) is 0 Å². The normalized spacial score (nSPS) is 15.4. The number of aromatic nitrogens is 4. The van der Waals surface area contributed by atoms with Gasteiger partial charge in [0.2, 0.25) is 5.91 Å². The predicted molar refractivity (Wildman–Crippen MR) is 115 cm³/mol. The van der Waals surface area contributed by atoms with Crippen molar-refractivity contribution in [2.45, 2.75) is 57.4 Å². The molecule has 4 heterocycles. The summed E-state index contributed by atoms with van der Waals surface area (Å²) in [5.74, 6) is 2.58. The Labute approximate surface area is 176 Å². The van der Waals surface area contributed by atoms with Crippen LogP contribution in [0.15, 0.2) is 11.0 Å². The molecule has 0 bridgehead atoms. The zero-order chi connectivity index (χ0) is 19.8. The molecule has 0 fully saturated rings. The molecule has 2 aliphatic rings. The van der Waals surface area contributed by atoms with Crippen molar-refractivity contribution >= 4 is 39.2 Å². The molecule has 3 aromatic rings. The summed E-state index contributed by atoms with van der Waals surface area (Å²) in [4.78, 5) is 38.9. The molecule has 0 radical (unpaired) electrons. The molecule has 9 heteroatoms. The third-order valence-corrected chi connectivity index (χ3v) is 7.65. The Morgan fingerprint density at radius 2 is 2.17 bits per heavy atom. The first kappa shape index (κ1) is 18.9. The van der Waals surface area contributed by atoms with Crippen LogP contribution in [-0.4, -0.2) is 31.2 Å². The van der Waals surface area contributed by atoms with Crippen LogP contribution >= 0.6 is 23.1 Å². The maximum absolute atomic E-state index is 12.5. The Kier molecular flexibility index (Phi) is 5.17. The molecule has 1 aliphatic heterocycles. The molecule has 0 aromatic carbocycles. The van der Waals surface area contributed by atoms with Crippen LogP contribution in [-0.2, 0) is 42.9 Å². The van der Waals surface area contributed by atoms with Gasteiger partial charge in [-0.15, -0.1) is 23.1 Å². The molecule has 0 unspecified atom stereocenters. The fourth-order valence-electron chi connectivity index (χ4n) is 4.15. The Morgan fingerprint density at radius 1 is 1.24 bits per heavy atom. The number of carbonyl (C=O) groups excluding carboxylic acids is 1. The second-order valence-corrected chi connectivity index (χ2v) is 9.69. The first-order chi connectivity index (χ1) is 14.2. The van der Waals surface area contributed by atoms with Crippen molar-refractivity contribution in [3.05, 3.63) is 44.3 Å². The zero-order valence-corrected chi connectivity index (χ0v) is 17.8. The molecule has 1 aliphatic carbocycles. The first-order valence-electron chi connectivity index (χ1n) is 10.1. The minimum absolute atomic E-state index is 0.0282. The van der Waals surface area contributed by atoms with Gasteiger partial charge >= 0.3 is 0 Å². The van der Waals surface area contributed by atoms with Gasteiger partial charge in [0.1, 0.15) is 16.5 Å². The predicted octanol–water partition coefficient (Wildman–Crippen LogP) is 2.56. The molecular weight excluding hydrogens is 406 g/mol. The number of nitrogens with one attached hydrogen (secondary N) is 2. The van der Waals surface area contributed by atoms with Crippen molar-refractivity contribution in [1.82, 2.24) is 24.8 Å². The molecule has 1 amide bonds. The molecule has 2 N–H and O–H groups in total. The number of H-pyrrole nitrogens is 1. The summed E-state index contributed by atoms with van der Waals surface area (Å²) in [6, 6.07) is 0. The van der Waals surface area contributed by atoms with Crippen LogP contribution in [0.3, 0.4) is 0 Å². The minimum atomic E-state index is -0.0433. The Balaban J connectivity index is 1.14. The van der Waals surface area contributed by atoms with Crippen LogP contribution in [0.25, 0.3) is 10.2 Å². The first-order valence-corrected chi connectivity index (χ1v) is 12.1. The summed E-state index contributed by atoms with van der Waals surface area (Å²) in [5.41, 5.74) is 2.07. The van der Waals surface area contributed by atoms with E-state index in [2.05, 4.69) is 24.8 Å². The largest absolute Gasteiger partial charge is 0.350 e. The summed E-state index contributed by atoms with van der Waals surface area (Å²) < 4.78 is 2.19. The standard InChI is InChI=1S/C20H23N5O2S2/c26-17(21-8-12-9-25-7-2-1-6-16(25)22-12)11-28-10-15-23-19(27)18-13-4-3-5-14(13)29-20(18)24-15/h9H,1-8,10-11H2,(H,21,26)(H,23,24,27). The Hall–Kier alpha value is -2.13. The van der Waals surface area contributed by atoms with E-state index >= 15 is 0 Å². The molecule has 0 spiro atoms. The van der Waals surface area contributed by atoms with Crippen LogP contribution in [0.1, 0.15) is 47.0 Å². The van der Waals surface area contributed by atoms with Gasteiger partial charge in [0, 0.05) is 24.0 Å². The van der Waals surface area contributed by atoms with Crippen LogP contribution in [0.2, 0.25) is 0 Å². The van der Waals surface area contributed by atoms with Gasteiger partial charge in [0.25, 0.3) is 5.56 Å². The average Bonchev–Trinajstić information content (AvgIpc) is 3.39. The fraction of sp³-hybridized carbons (Fsp3) is 0.500. The van der Waals surface area contributed by atoms with Crippen LogP contribution < -0.4 is 10.9 Å². The van der Waals surface area contributed by atoms with Crippen molar-refractivity contribution < 1.29 is 4.79 Å². The molecule has 29 heavy (non-hydrogen) atoms. The lowest BCUT2D eigenvalue weighted by Crippen LogP contribution is -2.25. The van der Waals surface area contributed by atoms with E-state index < -0.39 is 0 Å². The number of aromatic amines is 1. The monoisotopic (exact) mass is 429 g/mol. The number of imidazole rings is 1. The molecule has 0 atom stereocenters. The highest BCUT2D eigenvalue weighted by molar-refractivity contribution is 7.99. The number of thioether (sulfide) groups is 1. The maximum atomic E-state index is 12.5. The summed E-state index contributed by atoms with van der Waals surface area (Å²) in [5, 5.41) is 3.71. The van der Waals surface area contributed by atoms with E-state index in [9.17, 15) is 9.59 Å². The van der Waals surface area contributed by atoms with Crippen molar-refractivity contribution in [2.75, 3.05) is 5.75 Å². The van der Waals surface area contributed by atoms with Crippen LogP contribution in [0.5, 0.6) is 0 Å². The maximum Gasteiger partial charge on any atom is 0.259 e. The highest BCUT2D eigenvalue weighted by Gasteiger charge is 2.21. The lowest BCUT2D eigenvalue weighted by molar-refractivity contribution is -0.118. The van der Waals surface area contributed by atoms with E-state index in [1.807, 2.05) is 6.20 Å². The van der Waals surface area contributed by atoms with Gasteiger partial charge in [-0.1, -0.05) is 0 Å². The summed E-state index contributed by atoms with van der Waals surface area (Å²) in [7, 11) is 0. The summed E-state index contributed by atoms with van der Waals surface area (Å²) in [6.07, 6.45) is 8.62. The van der Waals surface area contributed by atoms with Gasteiger partial charge in [-0.3, -0.25) is 9.59 Å². The molecule has 152 valence electrons. The van der Waals surface area contributed by atoms with Gasteiger partial charge in [0.05, 0.1) is 29.1 Å². The van der Waals surface area contributed by atoms with E-state index in [0.29, 0.717) is 23.9 Å². The Morgan fingerprint density at radius 3 is 3.07 bits per heavy atom. The number of aryl methyl sites for hydroxylation is 4. The number of nitrogens with zero attached hydrogens (tertiary/aromatic N) is 3. The van der Waals surface area contributed by atoms with Gasteiger partial charge in [-0.05, 0) is 37.7 Å². The number of amides is 1. The number of hydrogen-bond donors (Lipinski definition) is 2.